The van der Waals surface area contributed by atoms with Gasteiger partial charge in [0.25, 0.3) is 0 Å². The van der Waals surface area contributed by atoms with Crippen molar-refractivity contribution in [2.45, 2.75) is 44.7 Å². The van der Waals surface area contributed by atoms with Crippen LogP contribution in [0.3, 0.4) is 0 Å². The van der Waals surface area contributed by atoms with Crippen molar-refractivity contribution in [2.24, 2.45) is 5.92 Å². The fourth-order valence-corrected chi connectivity index (χ4v) is 5.70. The molecule has 0 spiro atoms. The Bertz CT molecular complexity index is 1330. The summed E-state index contributed by atoms with van der Waals surface area (Å²) in [5.41, 5.74) is 6.62. The molecule has 0 radical (unpaired) electrons. The van der Waals surface area contributed by atoms with Gasteiger partial charge in [0.05, 0.1) is 18.8 Å². The summed E-state index contributed by atoms with van der Waals surface area (Å²) in [5, 5.41) is 29.8. The van der Waals surface area contributed by atoms with Crippen molar-refractivity contribution in [2.75, 3.05) is 31.5 Å². The van der Waals surface area contributed by atoms with Crippen LogP contribution in [0.1, 0.15) is 40.9 Å². The van der Waals surface area contributed by atoms with Gasteiger partial charge in [-0.1, -0.05) is 29.5 Å². The molecule has 0 bridgehead atoms. The first-order valence-electron chi connectivity index (χ1n) is 13.7. The van der Waals surface area contributed by atoms with Crippen LogP contribution in [-0.2, 0) is 30.6 Å². The molecule has 1 fully saturated rings. The van der Waals surface area contributed by atoms with E-state index < -0.39 is 0 Å². The lowest BCUT2D eigenvalue weighted by atomic mass is 9.87. The fourth-order valence-electron chi connectivity index (χ4n) is 5.70. The van der Waals surface area contributed by atoms with Crippen molar-refractivity contribution < 1.29 is 4.79 Å². The minimum Gasteiger partial charge on any atom is -0.382 e. The van der Waals surface area contributed by atoms with Gasteiger partial charge in [0.2, 0.25) is 11.9 Å². The van der Waals surface area contributed by atoms with E-state index in [2.05, 4.69) is 65.6 Å². The number of piperidine rings is 1. The van der Waals surface area contributed by atoms with E-state index >= 15 is 0 Å². The number of nitrogens with one attached hydrogen (secondary N) is 5. The minimum atomic E-state index is -0.0130. The quantitative estimate of drug-likeness (QED) is 0.279. The number of amides is 1. The molecule has 1 amide bonds. The van der Waals surface area contributed by atoms with E-state index in [9.17, 15) is 4.79 Å². The van der Waals surface area contributed by atoms with Gasteiger partial charge in [-0.2, -0.15) is 0 Å². The predicted octanol–water partition coefficient (Wildman–Crippen LogP) is 1.71. The number of anilines is 1. The summed E-state index contributed by atoms with van der Waals surface area (Å²) in [4.78, 5) is 23.9. The zero-order chi connectivity index (χ0) is 26.6. The predicted molar refractivity (Wildman–Crippen MR) is 148 cm³/mol. The molecule has 6 rings (SSSR count). The number of fused-ring (bicyclic) bond motifs is 2. The van der Waals surface area contributed by atoms with E-state index in [1.165, 1.54) is 11.1 Å². The van der Waals surface area contributed by atoms with Crippen LogP contribution < -0.4 is 16.0 Å². The number of aromatic nitrogens is 5. The van der Waals surface area contributed by atoms with Gasteiger partial charge in [0, 0.05) is 60.4 Å². The zero-order valence-electron chi connectivity index (χ0n) is 21.9. The number of carbonyl (C=O) groups excluding carboxylic acids is 1. The van der Waals surface area contributed by atoms with E-state index in [0.29, 0.717) is 24.7 Å². The lowest BCUT2D eigenvalue weighted by molar-refractivity contribution is -0.131. The Morgan fingerprint density at radius 1 is 1.13 bits per heavy atom. The number of benzene rings is 1. The Labute approximate surface area is 227 Å². The maximum Gasteiger partial charge on any atom is 0.242 e. The van der Waals surface area contributed by atoms with Crippen molar-refractivity contribution in [1.82, 2.24) is 40.9 Å². The Morgan fingerprint density at radius 3 is 2.62 bits per heavy atom. The van der Waals surface area contributed by atoms with Gasteiger partial charge in [-0.05, 0) is 49.9 Å². The summed E-state index contributed by atoms with van der Waals surface area (Å²) in [6.07, 6.45) is 9.79. The first kappa shape index (κ1) is 25.2. The summed E-state index contributed by atoms with van der Waals surface area (Å²) in [5.74, 6) is 0.725. The Balaban J connectivity index is 1.13. The van der Waals surface area contributed by atoms with Crippen molar-refractivity contribution in [3.8, 4) is 0 Å². The van der Waals surface area contributed by atoms with E-state index in [-0.39, 0.29) is 24.4 Å². The molecule has 11 nitrogen and oxygen atoms in total. The number of hydrogen-bond donors (Lipinski definition) is 5. The summed E-state index contributed by atoms with van der Waals surface area (Å²) in [6.45, 7) is 3.02. The van der Waals surface area contributed by atoms with Gasteiger partial charge in [-0.3, -0.25) is 9.89 Å². The monoisotopic (exact) mass is 526 g/mol. The SMILES string of the molecule is N=C(/C(=C\NCC(=O)N1CCc2[nH]nnc2C1)c1cnc(NC2Cc3ccccc3C2)nc1)C1CCNCC1. The Hall–Kier alpha value is -4.12. The third-order valence-electron chi connectivity index (χ3n) is 7.91. The molecule has 5 N–H and O–H groups in total. The van der Waals surface area contributed by atoms with Crippen LogP contribution in [0.15, 0.2) is 42.9 Å². The molecule has 1 saturated heterocycles. The van der Waals surface area contributed by atoms with Gasteiger partial charge in [-0.15, -0.1) is 5.10 Å². The number of allylic oxidation sites excluding steroid dienone is 1. The molecule has 4 heterocycles. The molecular formula is C28H34N10O. The van der Waals surface area contributed by atoms with E-state index in [4.69, 9.17) is 5.41 Å². The standard InChI is InChI=1S/C28H34N10O/c29-27(18-5-8-30-9-6-18)23(15-31-16-26(39)38-10-7-24-25(17-38)36-37-35-24)21-13-32-28(33-14-21)34-22-11-19-3-1-2-4-20(19)12-22/h1-4,13-15,18,22,29-31H,5-12,16-17H2,(H,32,33,34)(H,35,36,37)/b23-15-,29-27?. The highest BCUT2D eigenvalue weighted by atomic mass is 16.2. The highest BCUT2D eigenvalue weighted by Crippen LogP contribution is 2.26. The van der Waals surface area contributed by atoms with Crippen LogP contribution in [-0.4, -0.2) is 74.1 Å². The topological polar surface area (TPSA) is 148 Å². The molecule has 39 heavy (non-hydrogen) atoms. The molecule has 11 heteroatoms. The lowest BCUT2D eigenvalue weighted by Gasteiger charge is -2.26. The largest absolute Gasteiger partial charge is 0.382 e. The maximum absolute atomic E-state index is 12.9. The number of aromatic amines is 1. The number of H-pyrrole nitrogens is 1. The minimum absolute atomic E-state index is 0.0130. The average molecular weight is 527 g/mol. The van der Waals surface area contributed by atoms with Gasteiger partial charge in [0.15, 0.2) is 0 Å². The molecule has 1 aliphatic carbocycles. The third-order valence-corrected chi connectivity index (χ3v) is 7.91. The van der Waals surface area contributed by atoms with Crippen LogP contribution in [0.4, 0.5) is 5.95 Å². The van der Waals surface area contributed by atoms with E-state index in [1.54, 1.807) is 23.5 Å². The Kier molecular flexibility index (Phi) is 7.31. The van der Waals surface area contributed by atoms with Crippen LogP contribution in [0.2, 0.25) is 0 Å². The lowest BCUT2D eigenvalue weighted by Crippen LogP contribution is -2.40. The number of rotatable bonds is 8. The van der Waals surface area contributed by atoms with Gasteiger partial charge >= 0.3 is 0 Å². The van der Waals surface area contributed by atoms with E-state index in [1.807, 2.05) is 0 Å². The van der Waals surface area contributed by atoms with Crippen molar-refractivity contribution in [3.63, 3.8) is 0 Å². The number of hydrogen-bond acceptors (Lipinski definition) is 9. The number of carbonyl (C=O) groups is 1. The fraction of sp³-hybridized carbons (Fsp3) is 0.429. The highest BCUT2D eigenvalue weighted by Gasteiger charge is 2.25. The average Bonchev–Trinajstić information content (AvgIpc) is 3.62. The zero-order valence-corrected chi connectivity index (χ0v) is 21.9. The molecule has 1 aromatic carbocycles. The first-order valence-corrected chi connectivity index (χ1v) is 13.7. The van der Waals surface area contributed by atoms with Crippen LogP contribution in [0, 0.1) is 11.3 Å². The molecule has 0 saturated carbocycles. The Morgan fingerprint density at radius 2 is 1.87 bits per heavy atom. The van der Waals surface area contributed by atoms with Crippen LogP contribution in [0.5, 0.6) is 0 Å². The van der Waals surface area contributed by atoms with Crippen molar-refractivity contribution >= 4 is 23.1 Å². The molecule has 202 valence electrons. The van der Waals surface area contributed by atoms with Gasteiger partial charge in [0.1, 0.15) is 5.69 Å². The molecule has 0 unspecified atom stereocenters. The van der Waals surface area contributed by atoms with Crippen molar-refractivity contribution in [1.29, 1.82) is 5.41 Å². The number of nitrogens with zero attached hydrogens (tertiary/aromatic N) is 5. The summed E-state index contributed by atoms with van der Waals surface area (Å²) < 4.78 is 0. The van der Waals surface area contributed by atoms with Gasteiger partial charge in [-0.25, -0.2) is 9.97 Å². The van der Waals surface area contributed by atoms with Crippen LogP contribution >= 0.6 is 0 Å². The normalized spacial score (nSPS) is 17.9. The smallest absolute Gasteiger partial charge is 0.242 e. The summed E-state index contributed by atoms with van der Waals surface area (Å²) >= 11 is 0. The maximum atomic E-state index is 12.9. The third kappa shape index (κ3) is 5.68. The summed E-state index contributed by atoms with van der Waals surface area (Å²) in [7, 11) is 0. The van der Waals surface area contributed by atoms with Crippen molar-refractivity contribution in [3.05, 3.63) is 70.9 Å². The molecule has 2 aromatic heterocycles. The second-order valence-electron chi connectivity index (χ2n) is 10.5. The van der Waals surface area contributed by atoms with E-state index in [0.717, 1.165) is 67.7 Å². The summed E-state index contributed by atoms with van der Waals surface area (Å²) in [6, 6.07) is 8.79. The molecule has 3 aromatic rings. The second kappa shape index (κ2) is 11.3. The highest BCUT2D eigenvalue weighted by molar-refractivity contribution is 6.23. The van der Waals surface area contributed by atoms with Crippen LogP contribution in [0.25, 0.3) is 5.57 Å². The van der Waals surface area contributed by atoms with Gasteiger partial charge < -0.3 is 26.3 Å². The first-order chi connectivity index (χ1) is 19.1. The molecule has 3 aliphatic rings. The molecule has 0 atom stereocenters. The molecular weight excluding hydrogens is 492 g/mol. The molecule has 2 aliphatic heterocycles. The second-order valence-corrected chi connectivity index (χ2v) is 10.5.